The Bertz CT molecular complexity index is 599. The molecule has 1 N–H and O–H groups in total. The molecule has 1 aliphatic heterocycles. The number of ether oxygens (including phenoxy) is 1. The third-order valence-electron chi connectivity index (χ3n) is 5.12. The zero-order valence-electron chi connectivity index (χ0n) is 14.4. The Hall–Kier alpha value is -1.55. The van der Waals surface area contributed by atoms with Gasteiger partial charge in [-0.25, -0.2) is 0 Å². The highest BCUT2D eigenvalue weighted by Crippen LogP contribution is 2.25. The van der Waals surface area contributed by atoms with E-state index in [0.717, 1.165) is 31.1 Å². The molecular formula is C19H29N3O. The first kappa shape index (κ1) is 16.3. The van der Waals surface area contributed by atoms with Gasteiger partial charge in [0.25, 0.3) is 0 Å². The second-order valence-corrected chi connectivity index (χ2v) is 6.72. The van der Waals surface area contributed by atoms with Gasteiger partial charge in [0.05, 0.1) is 17.8 Å². The van der Waals surface area contributed by atoms with Crippen molar-refractivity contribution in [1.82, 2.24) is 10.2 Å². The number of hydrogen-bond acceptors (Lipinski definition) is 3. The Labute approximate surface area is 139 Å². The summed E-state index contributed by atoms with van der Waals surface area (Å²) in [4.78, 5) is 2.53. The van der Waals surface area contributed by atoms with Gasteiger partial charge in [-0.3, -0.25) is 5.10 Å². The van der Waals surface area contributed by atoms with Crippen LogP contribution in [0.5, 0.6) is 0 Å². The lowest BCUT2D eigenvalue weighted by molar-refractivity contribution is 0.0206. The van der Waals surface area contributed by atoms with Gasteiger partial charge in [-0.05, 0) is 43.4 Å². The van der Waals surface area contributed by atoms with E-state index >= 15 is 0 Å². The van der Waals surface area contributed by atoms with E-state index in [9.17, 15) is 0 Å². The molecular weight excluding hydrogens is 286 g/mol. The van der Waals surface area contributed by atoms with Crippen molar-refractivity contribution in [3.63, 3.8) is 0 Å². The maximum atomic E-state index is 5.99. The number of fused-ring (bicyclic) bond motifs is 1. The van der Waals surface area contributed by atoms with Gasteiger partial charge in [-0.2, -0.15) is 5.10 Å². The summed E-state index contributed by atoms with van der Waals surface area (Å²) < 4.78 is 5.99. The van der Waals surface area contributed by atoms with Crippen LogP contribution in [0.3, 0.4) is 0 Å². The van der Waals surface area contributed by atoms with Crippen LogP contribution in [0.1, 0.15) is 46.0 Å². The van der Waals surface area contributed by atoms with Crippen LogP contribution in [0, 0.1) is 5.92 Å². The second-order valence-electron chi connectivity index (χ2n) is 6.72. The molecule has 0 amide bonds. The Morgan fingerprint density at radius 3 is 2.91 bits per heavy atom. The molecule has 0 spiro atoms. The molecule has 1 atom stereocenters. The fourth-order valence-electron chi connectivity index (χ4n) is 3.47. The molecule has 2 heterocycles. The molecule has 0 bridgehead atoms. The van der Waals surface area contributed by atoms with E-state index in [4.69, 9.17) is 4.74 Å². The van der Waals surface area contributed by atoms with Crippen LogP contribution in [0.25, 0.3) is 10.9 Å². The molecule has 1 aliphatic rings. The highest BCUT2D eigenvalue weighted by molar-refractivity contribution is 5.82. The van der Waals surface area contributed by atoms with Gasteiger partial charge in [0.2, 0.25) is 0 Å². The Morgan fingerprint density at radius 1 is 1.30 bits per heavy atom. The van der Waals surface area contributed by atoms with Crippen LogP contribution in [0.15, 0.2) is 24.4 Å². The van der Waals surface area contributed by atoms with E-state index in [0.29, 0.717) is 6.10 Å². The average molecular weight is 315 g/mol. The van der Waals surface area contributed by atoms with Crippen molar-refractivity contribution in [2.24, 2.45) is 5.92 Å². The van der Waals surface area contributed by atoms with Crippen molar-refractivity contribution >= 4 is 16.6 Å². The zero-order valence-corrected chi connectivity index (χ0v) is 14.4. The zero-order chi connectivity index (χ0) is 16.1. The molecule has 0 saturated carbocycles. The number of H-pyrrole nitrogens is 1. The molecule has 1 saturated heterocycles. The van der Waals surface area contributed by atoms with Crippen LogP contribution in [-0.4, -0.2) is 36.0 Å². The lowest BCUT2D eigenvalue weighted by Crippen LogP contribution is -2.38. The van der Waals surface area contributed by atoms with Gasteiger partial charge >= 0.3 is 0 Å². The number of nitrogens with zero attached hydrogens (tertiary/aromatic N) is 2. The molecule has 1 aromatic heterocycles. The minimum Gasteiger partial charge on any atom is -0.376 e. The normalized spacial score (nSPS) is 18.7. The Kier molecular flexibility index (Phi) is 5.55. The van der Waals surface area contributed by atoms with Crippen LogP contribution in [0.4, 0.5) is 5.69 Å². The van der Waals surface area contributed by atoms with E-state index in [1.165, 1.54) is 43.2 Å². The van der Waals surface area contributed by atoms with Gasteiger partial charge in [0, 0.05) is 30.8 Å². The average Bonchev–Trinajstić information content (AvgIpc) is 3.07. The Morgan fingerprint density at radius 2 is 2.17 bits per heavy atom. The van der Waals surface area contributed by atoms with Crippen molar-refractivity contribution < 1.29 is 4.74 Å². The van der Waals surface area contributed by atoms with E-state index in [1.807, 2.05) is 6.20 Å². The van der Waals surface area contributed by atoms with Gasteiger partial charge in [0.1, 0.15) is 0 Å². The van der Waals surface area contributed by atoms with Gasteiger partial charge in [0.15, 0.2) is 0 Å². The summed E-state index contributed by atoms with van der Waals surface area (Å²) in [5.41, 5.74) is 2.39. The lowest BCUT2D eigenvalue weighted by atomic mass is 10.0. The molecule has 23 heavy (non-hydrogen) atoms. The predicted octanol–water partition coefficient (Wildman–Crippen LogP) is 4.37. The van der Waals surface area contributed by atoms with Crippen molar-refractivity contribution in [2.45, 2.75) is 52.1 Å². The Balaban J connectivity index is 1.79. The van der Waals surface area contributed by atoms with E-state index in [2.05, 4.69) is 47.1 Å². The molecule has 1 aromatic carbocycles. The summed E-state index contributed by atoms with van der Waals surface area (Å²) in [6.07, 6.45) is 8.43. The summed E-state index contributed by atoms with van der Waals surface area (Å²) in [6.45, 7) is 7.62. The van der Waals surface area contributed by atoms with Gasteiger partial charge in [-0.15, -0.1) is 0 Å². The third kappa shape index (κ3) is 4.05. The maximum absolute atomic E-state index is 5.99. The number of nitrogens with one attached hydrogen (secondary N) is 1. The number of aromatic amines is 1. The summed E-state index contributed by atoms with van der Waals surface area (Å²) in [5, 5.41) is 8.36. The molecule has 4 nitrogen and oxygen atoms in total. The minimum atomic E-state index is 0.373. The van der Waals surface area contributed by atoms with E-state index in [1.54, 1.807) is 0 Å². The molecule has 2 aromatic rings. The summed E-state index contributed by atoms with van der Waals surface area (Å²) in [7, 11) is 0. The van der Waals surface area contributed by atoms with Crippen LogP contribution >= 0.6 is 0 Å². The number of aromatic nitrogens is 2. The van der Waals surface area contributed by atoms with Crippen molar-refractivity contribution in [1.29, 1.82) is 0 Å². The summed E-state index contributed by atoms with van der Waals surface area (Å²) in [6, 6.07) is 6.61. The first-order valence-electron chi connectivity index (χ1n) is 9.09. The number of hydrogen-bond donors (Lipinski definition) is 1. The quantitative estimate of drug-likeness (QED) is 0.824. The first-order valence-corrected chi connectivity index (χ1v) is 9.09. The highest BCUT2D eigenvalue weighted by Gasteiger charge is 2.20. The molecule has 0 aliphatic carbocycles. The lowest BCUT2D eigenvalue weighted by Gasteiger charge is -2.33. The highest BCUT2D eigenvalue weighted by atomic mass is 16.5. The maximum Gasteiger partial charge on any atom is 0.0749 e. The number of rotatable bonds is 7. The standard InChI is InChI=1S/C19H29N3O/c1-3-15(4-2)13-22(14-18-7-5-6-10-23-18)17-8-9-19-16(11-17)12-20-21-19/h8-9,11-12,15,18H,3-7,10,13-14H2,1-2H3,(H,20,21). The van der Waals surface area contributed by atoms with Crippen molar-refractivity contribution in [3.8, 4) is 0 Å². The number of benzene rings is 1. The fraction of sp³-hybridized carbons (Fsp3) is 0.632. The van der Waals surface area contributed by atoms with Gasteiger partial charge in [-0.1, -0.05) is 26.7 Å². The molecule has 4 heteroatoms. The SMILES string of the molecule is CCC(CC)CN(CC1CCCCO1)c1ccc2[nH]ncc2c1. The minimum absolute atomic E-state index is 0.373. The molecule has 3 rings (SSSR count). The molecule has 1 fully saturated rings. The van der Waals surface area contributed by atoms with E-state index < -0.39 is 0 Å². The largest absolute Gasteiger partial charge is 0.376 e. The predicted molar refractivity (Wildman–Crippen MR) is 96.0 cm³/mol. The summed E-state index contributed by atoms with van der Waals surface area (Å²) in [5.74, 6) is 0.735. The fourth-order valence-corrected chi connectivity index (χ4v) is 3.47. The molecule has 1 unspecified atom stereocenters. The first-order chi connectivity index (χ1) is 11.3. The topological polar surface area (TPSA) is 41.1 Å². The van der Waals surface area contributed by atoms with Crippen LogP contribution in [0.2, 0.25) is 0 Å². The van der Waals surface area contributed by atoms with E-state index in [-0.39, 0.29) is 0 Å². The van der Waals surface area contributed by atoms with Crippen molar-refractivity contribution in [3.05, 3.63) is 24.4 Å². The summed E-state index contributed by atoms with van der Waals surface area (Å²) >= 11 is 0. The smallest absolute Gasteiger partial charge is 0.0749 e. The molecule has 0 radical (unpaired) electrons. The third-order valence-corrected chi connectivity index (χ3v) is 5.12. The number of anilines is 1. The van der Waals surface area contributed by atoms with Crippen molar-refractivity contribution in [2.75, 3.05) is 24.6 Å². The monoisotopic (exact) mass is 315 g/mol. The van der Waals surface area contributed by atoms with Gasteiger partial charge < -0.3 is 9.64 Å². The van der Waals surface area contributed by atoms with Crippen LogP contribution < -0.4 is 4.90 Å². The van der Waals surface area contributed by atoms with Crippen LogP contribution in [-0.2, 0) is 4.74 Å². The molecule has 126 valence electrons. The second kappa shape index (κ2) is 7.82.